The van der Waals surface area contributed by atoms with Gasteiger partial charge in [-0.3, -0.25) is 4.79 Å². The molecule has 1 rings (SSSR count). The van der Waals surface area contributed by atoms with Gasteiger partial charge in [-0.25, -0.2) is 0 Å². The van der Waals surface area contributed by atoms with E-state index in [0.717, 1.165) is 12.0 Å². The summed E-state index contributed by atoms with van der Waals surface area (Å²) in [5, 5.41) is 0.630. The van der Waals surface area contributed by atoms with Gasteiger partial charge in [-0.1, -0.05) is 30.7 Å². The number of ketones is 1. The first kappa shape index (κ1) is 12.2. The van der Waals surface area contributed by atoms with Crippen LogP contribution in [-0.2, 0) is 0 Å². The van der Waals surface area contributed by atoms with E-state index in [1.807, 2.05) is 19.9 Å². The fourth-order valence-corrected chi connectivity index (χ4v) is 1.45. The normalized spacial score (nSPS) is 12.5. The molecule has 0 aromatic heterocycles. The predicted octanol–water partition coefficient (Wildman–Crippen LogP) is 2.96. The summed E-state index contributed by atoms with van der Waals surface area (Å²) in [4.78, 5) is 11.7. The molecule has 1 atom stereocenters. The molecule has 0 saturated heterocycles. The quantitative estimate of drug-likeness (QED) is 0.801. The van der Waals surface area contributed by atoms with E-state index in [0.29, 0.717) is 17.0 Å². The molecule has 0 bridgehead atoms. The second-order valence-electron chi connectivity index (χ2n) is 3.76. The van der Waals surface area contributed by atoms with Gasteiger partial charge >= 0.3 is 0 Å². The van der Waals surface area contributed by atoms with Gasteiger partial charge in [-0.05, 0) is 25.0 Å². The number of benzene rings is 1. The smallest absolute Gasteiger partial charge is 0.164 e. The third-order valence-corrected chi connectivity index (χ3v) is 2.87. The van der Waals surface area contributed by atoms with E-state index in [2.05, 4.69) is 0 Å². The monoisotopic (exact) mass is 225 g/mol. The maximum Gasteiger partial charge on any atom is 0.164 e. The van der Waals surface area contributed by atoms with Gasteiger partial charge in [-0.2, -0.15) is 0 Å². The third kappa shape index (κ3) is 3.33. The first-order valence-electron chi connectivity index (χ1n) is 5.09. The molecule has 1 aromatic rings. The molecule has 0 radical (unpaired) electrons. The summed E-state index contributed by atoms with van der Waals surface area (Å²) < 4.78 is 0. The van der Waals surface area contributed by atoms with Crippen LogP contribution in [0.15, 0.2) is 18.2 Å². The molecular formula is C12H16ClNO. The van der Waals surface area contributed by atoms with E-state index in [9.17, 15) is 4.79 Å². The fraction of sp³-hybridized carbons (Fsp3) is 0.417. The Morgan fingerprint density at radius 2 is 2.20 bits per heavy atom. The lowest BCUT2D eigenvalue weighted by Crippen LogP contribution is -2.22. The van der Waals surface area contributed by atoms with Crippen LogP contribution in [0.2, 0.25) is 5.02 Å². The summed E-state index contributed by atoms with van der Waals surface area (Å²) in [5.74, 6) is 0.0613. The Morgan fingerprint density at radius 1 is 1.53 bits per heavy atom. The minimum atomic E-state index is -0.0578. The van der Waals surface area contributed by atoms with Crippen LogP contribution in [0.4, 0.5) is 0 Å². The van der Waals surface area contributed by atoms with E-state index in [-0.39, 0.29) is 11.8 Å². The molecule has 15 heavy (non-hydrogen) atoms. The van der Waals surface area contributed by atoms with Crippen LogP contribution in [0.25, 0.3) is 0 Å². The predicted molar refractivity (Wildman–Crippen MR) is 63.4 cm³/mol. The average molecular weight is 226 g/mol. The van der Waals surface area contributed by atoms with Gasteiger partial charge in [0.05, 0.1) is 0 Å². The first-order chi connectivity index (χ1) is 7.04. The Kier molecular flexibility index (Phi) is 4.30. The number of rotatable bonds is 4. The van der Waals surface area contributed by atoms with Gasteiger partial charge in [0.2, 0.25) is 0 Å². The summed E-state index contributed by atoms with van der Waals surface area (Å²) in [6.45, 7) is 3.88. The Bertz CT molecular complexity index is 363. The molecule has 1 aromatic carbocycles. The molecule has 82 valence electrons. The lowest BCUT2D eigenvalue weighted by molar-refractivity contribution is 0.0974. The topological polar surface area (TPSA) is 43.1 Å². The molecule has 0 aliphatic rings. The van der Waals surface area contributed by atoms with E-state index in [1.54, 1.807) is 12.1 Å². The van der Waals surface area contributed by atoms with Crippen molar-refractivity contribution in [3.63, 3.8) is 0 Å². The molecule has 3 heteroatoms. The lowest BCUT2D eigenvalue weighted by Gasteiger charge is -2.08. The molecule has 0 heterocycles. The van der Waals surface area contributed by atoms with Crippen molar-refractivity contribution in [2.75, 3.05) is 0 Å². The molecule has 0 fully saturated rings. The SMILES string of the molecule is CCC(N)CC(=O)c1ccc(C)c(Cl)c1. The molecule has 0 aliphatic heterocycles. The molecule has 1 unspecified atom stereocenters. The second kappa shape index (κ2) is 5.29. The Balaban J connectivity index is 2.78. The maximum atomic E-state index is 11.7. The highest BCUT2D eigenvalue weighted by Gasteiger charge is 2.11. The number of aryl methyl sites for hydroxylation is 1. The molecule has 2 N–H and O–H groups in total. The van der Waals surface area contributed by atoms with Gasteiger partial charge < -0.3 is 5.73 Å². The molecule has 0 spiro atoms. The Morgan fingerprint density at radius 3 is 2.73 bits per heavy atom. The first-order valence-corrected chi connectivity index (χ1v) is 5.47. The zero-order chi connectivity index (χ0) is 11.4. The molecule has 0 saturated carbocycles. The number of halogens is 1. The minimum absolute atomic E-state index is 0.0578. The molecule has 2 nitrogen and oxygen atoms in total. The molecule has 0 amide bonds. The zero-order valence-corrected chi connectivity index (χ0v) is 9.84. The number of Topliss-reactive ketones (excluding diaryl/α,β-unsaturated/α-hetero) is 1. The van der Waals surface area contributed by atoms with Crippen LogP contribution in [0.5, 0.6) is 0 Å². The number of hydrogen-bond donors (Lipinski definition) is 1. The largest absolute Gasteiger partial charge is 0.327 e. The van der Waals surface area contributed by atoms with Crippen molar-refractivity contribution in [3.8, 4) is 0 Å². The zero-order valence-electron chi connectivity index (χ0n) is 9.09. The fourth-order valence-electron chi connectivity index (χ4n) is 1.27. The van der Waals surface area contributed by atoms with Crippen LogP contribution in [0.3, 0.4) is 0 Å². The molecule has 0 aliphatic carbocycles. The van der Waals surface area contributed by atoms with Crippen molar-refractivity contribution in [1.29, 1.82) is 0 Å². The minimum Gasteiger partial charge on any atom is -0.327 e. The summed E-state index contributed by atoms with van der Waals surface area (Å²) in [5.41, 5.74) is 7.35. The highest BCUT2D eigenvalue weighted by atomic mass is 35.5. The summed E-state index contributed by atoms with van der Waals surface area (Å²) in [6.07, 6.45) is 1.20. The van der Waals surface area contributed by atoms with Gasteiger partial charge in [-0.15, -0.1) is 0 Å². The van der Waals surface area contributed by atoms with Crippen LogP contribution in [0.1, 0.15) is 35.7 Å². The summed E-state index contributed by atoms with van der Waals surface area (Å²) in [7, 11) is 0. The van der Waals surface area contributed by atoms with E-state index in [1.165, 1.54) is 0 Å². The van der Waals surface area contributed by atoms with Crippen LogP contribution in [0, 0.1) is 6.92 Å². The lowest BCUT2D eigenvalue weighted by atomic mass is 10.0. The number of carbonyl (C=O) groups excluding carboxylic acids is 1. The number of carbonyl (C=O) groups is 1. The van der Waals surface area contributed by atoms with Crippen molar-refractivity contribution in [2.24, 2.45) is 5.73 Å². The van der Waals surface area contributed by atoms with Crippen molar-refractivity contribution in [3.05, 3.63) is 34.3 Å². The number of nitrogens with two attached hydrogens (primary N) is 1. The van der Waals surface area contributed by atoms with Crippen molar-refractivity contribution < 1.29 is 4.79 Å². The highest BCUT2D eigenvalue weighted by molar-refractivity contribution is 6.31. The highest BCUT2D eigenvalue weighted by Crippen LogP contribution is 2.18. The standard InChI is InChI=1S/C12H16ClNO/c1-3-10(14)7-12(15)9-5-4-8(2)11(13)6-9/h4-6,10H,3,7,14H2,1-2H3. The van der Waals surface area contributed by atoms with E-state index < -0.39 is 0 Å². The van der Waals surface area contributed by atoms with Gasteiger partial charge in [0.15, 0.2) is 5.78 Å². The van der Waals surface area contributed by atoms with Crippen molar-refractivity contribution in [2.45, 2.75) is 32.7 Å². The molecular weight excluding hydrogens is 210 g/mol. The van der Waals surface area contributed by atoms with Crippen LogP contribution in [-0.4, -0.2) is 11.8 Å². The van der Waals surface area contributed by atoms with E-state index >= 15 is 0 Å². The van der Waals surface area contributed by atoms with Crippen LogP contribution >= 0.6 is 11.6 Å². The summed E-state index contributed by atoms with van der Waals surface area (Å²) in [6, 6.07) is 5.30. The summed E-state index contributed by atoms with van der Waals surface area (Å²) >= 11 is 5.94. The number of hydrogen-bond acceptors (Lipinski definition) is 2. The van der Waals surface area contributed by atoms with Gasteiger partial charge in [0.25, 0.3) is 0 Å². The Labute approximate surface area is 95.4 Å². The maximum absolute atomic E-state index is 11.7. The average Bonchev–Trinajstić information content (AvgIpc) is 2.21. The third-order valence-electron chi connectivity index (χ3n) is 2.47. The van der Waals surface area contributed by atoms with Crippen LogP contribution < -0.4 is 5.73 Å². The van der Waals surface area contributed by atoms with E-state index in [4.69, 9.17) is 17.3 Å². The van der Waals surface area contributed by atoms with Gasteiger partial charge in [0, 0.05) is 23.0 Å². The Hall–Kier alpha value is -0.860. The van der Waals surface area contributed by atoms with Crippen molar-refractivity contribution >= 4 is 17.4 Å². The van der Waals surface area contributed by atoms with Gasteiger partial charge in [0.1, 0.15) is 0 Å². The second-order valence-corrected chi connectivity index (χ2v) is 4.17. The van der Waals surface area contributed by atoms with Crippen molar-refractivity contribution in [1.82, 2.24) is 0 Å².